The number of H-pyrrole nitrogens is 1. The standard InChI is InChI=1S/C23H24N4O4S/c1-15-13-22(29)26-23(24-15)17-3-2-4-19(14-17)25-21(28)12-7-16-5-10-20(11-6-16)32(30,31)27-18-8-9-18/h2-6,10-11,13-14,18,27H,7-9,12H2,1H3,(H,25,28)(H,24,26,29). The maximum absolute atomic E-state index is 12.4. The lowest BCUT2D eigenvalue weighted by Gasteiger charge is -2.09. The molecule has 0 aliphatic heterocycles. The highest BCUT2D eigenvalue weighted by atomic mass is 32.2. The molecule has 3 N–H and O–H groups in total. The van der Waals surface area contributed by atoms with Gasteiger partial charge >= 0.3 is 0 Å². The lowest BCUT2D eigenvalue weighted by molar-refractivity contribution is -0.116. The van der Waals surface area contributed by atoms with Gasteiger partial charge in [0.1, 0.15) is 5.82 Å². The average Bonchev–Trinajstić information content (AvgIpc) is 3.55. The van der Waals surface area contributed by atoms with Crippen LogP contribution in [0, 0.1) is 6.92 Å². The number of amides is 1. The minimum atomic E-state index is -3.47. The molecule has 8 nitrogen and oxygen atoms in total. The Kier molecular flexibility index (Phi) is 6.20. The first-order chi connectivity index (χ1) is 15.3. The predicted octanol–water partition coefficient (Wildman–Crippen LogP) is 2.76. The second kappa shape index (κ2) is 9.05. The van der Waals surface area contributed by atoms with Crippen molar-refractivity contribution in [1.29, 1.82) is 0 Å². The van der Waals surface area contributed by atoms with Crippen molar-refractivity contribution in [3.05, 3.63) is 76.2 Å². The zero-order valence-corrected chi connectivity index (χ0v) is 18.4. The molecule has 1 amide bonds. The molecule has 0 unspecified atom stereocenters. The first kappa shape index (κ1) is 21.9. The molecule has 0 atom stereocenters. The number of hydrogen-bond donors (Lipinski definition) is 3. The smallest absolute Gasteiger partial charge is 0.251 e. The van der Waals surface area contributed by atoms with Crippen molar-refractivity contribution in [3.63, 3.8) is 0 Å². The minimum Gasteiger partial charge on any atom is -0.326 e. The van der Waals surface area contributed by atoms with E-state index < -0.39 is 10.0 Å². The third-order valence-electron chi connectivity index (χ3n) is 5.06. The van der Waals surface area contributed by atoms with Gasteiger partial charge in [0, 0.05) is 35.5 Å². The van der Waals surface area contributed by atoms with E-state index in [1.165, 1.54) is 6.07 Å². The van der Waals surface area contributed by atoms with Gasteiger partial charge < -0.3 is 10.3 Å². The van der Waals surface area contributed by atoms with E-state index in [0.717, 1.165) is 18.4 Å². The minimum absolute atomic E-state index is 0.0591. The van der Waals surface area contributed by atoms with Crippen LogP contribution < -0.4 is 15.6 Å². The fraction of sp³-hybridized carbons (Fsp3) is 0.261. The van der Waals surface area contributed by atoms with Crippen LogP contribution in [-0.2, 0) is 21.2 Å². The van der Waals surface area contributed by atoms with Crippen LogP contribution in [-0.4, -0.2) is 30.3 Å². The number of sulfonamides is 1. The van der Waals surface area contributed by atoms with Crippen LogP contribution >= 0.6 is 0 Å². The van der Waals surface area contributed by atoms with Crippen molar-refractivity contribution in [3.8, 4) is 11.4 Å². The molecule has 1 aromatic heterocycles. The van der Waals surface area contributed by atoms with Crippen molar-refractivity contribution in [2.75, 3.05) is 5.32 Å². The lowest BCUT2D eigenvalue weighted by Crippen LogP contribution is -2.25. The van der Waals surface area contributed by atoms with Crippen molar-refractivity contribution in [1.82, 2.24) is 14.7 Å². The van der Waals surface area contributed by atoms with Gasteiger partial charge in [0.05, 0.1) is 4.90 Å². The zero-order chi connectivity index (χ0) is 22.7. The summed E-state index contributed by atoms with van der Waals surface area (Å²) < 4.78 is 27.1. The van der Waals surface area contributed by atoms with Gasteiger partial charge in [0.15, 0.2) is 0 Å². The van der Waals surface area contributed by atoms with E-state index in [4.69, 9.17) is 0 Å². The second-order valence-corrected chi connectivity index (χ2v) is 9.62. The molecule has 1 saturated carbocycles. The van der Waals surface area contributed by atoms with E-state index >= 15 is 0 Å². The van der Waals surface area contributed by atoms with Gasteiger partial charge in [-0.15, -0.1) is 0 Å². The monoisotopic (exact) mass is 452 g/mol. The van der Waals surface area contributed by atoms with Crippen LogP contribution in [0.25, 0.3) is 11.4 Å². The number of benzene rings is 2. The zero-order valence-electron chi connectivity index (χ0n) is 17.6. The molecule has 4 rings (SSSR count). The molecule has 166 valence electrons. The second-order valence-electron chi connectivity index (χ2n) is 7.90. The maximum atomic E-state index is 12.4. The molecule has 0 radical (unpaired) electrons. The molecule has 1 aliphatic rings. The summed E-state index contributed by atoms with van der Waals surface area (Å²) in [4.78, 5) is 31.4. The summed E-state index contributed by atoms with van der Waals surface area (Å²) in [6, 6.07) is 15.2. The molecule has 9 heteroatoms. The van der Waals surface area contributed by atoms with Gasteiger partial charge in [0.25, 0.3) is 5.56 Å². The number of nitrogens with one attached hydrogen (secondary N) is 3. The molecule has 0 saturated heterocycles. The maximum Gasteiger partial charge on any atom is 0.251 e. The summed E-state index contributed by atoms with van der Waals surface area (Å²) in [7, 11) is -3.47. The Labute approximate surface area is 186 Å². The third-order valence-corrected chi connectivity index (χ3v) is 6.60. The number of aromatic amines is 1. The Bertz CT molecular complexity index is 1300. The topological polar surface area (TPSA) is 121 Å². The Morgan fingerprint density at radius 2 is 1.88 bits per heavy atom. The molecular weight excluding hydrogens is 428 g/mol. The molecule has 0 bridgehead atoms. The number of hydrogen-bond acceptors (Lipinski definition) is 5. The molecule has 2 aromatic carbocycles. The van der Waals surface area contributed by atoms with Gasteiger partial charge in [-0.2, -0.15) is 0 Å². The highest BCUT2D eigenvalue weighted by Crippen LogP contribution is 2.23. The number of aryl methyl sites for hydroxylation is 2. The summed E-state index contributed by atoms with van der Waals surface area (Å²) in [5, 5.41) is 2.85. The highest BCUT2D eigenvalue weighted by Gasteiger charge is 2.27. The fourth-order valence-corrected chi connectivity index (χ4v) is 4.57. The number of anilines is 1. The molecule has 1 heterocycles. The van der Waals surface area contributed by atoms with E-state index in [0.29, 0.717) is 29.2 Å². The van der Waals surface area contributed by atoms with Gasteiger partial charge in [-0.1, -0.05) is 24.3 Å². The SMILES string of the molecule is Cc1cc(=O)[nH]c(-c2cccc(NC(=O)CCc3ccc(S(=O)(=O)NC4CC4)cc3)c2)n1. The predicted molar refractivity (Wildman–Crippen MR) is 122 cm³/mol. The molecule has 0 spiro atoms. The number of aromatic nitrogens is 2. The highest BCUT2D eigenvalue weighted by molar-refractivity contribution is 7.89. The summed E-state index contributed by atoms with van der Waals surface area (Å²) in [6.07, 6.45) is 2.49. The van der Waals surface area contributed by atoms with Crippen molar-refractivity contribution >= 4 is 21.6 Å². The van der Waals surface area contributed by atoms with Gasteiger partial charge in [-0.25, -0.2) is 18.1 Å². The van der Waals surface area contributed by atoms with Gasteiger partial charge in [0.2, 0.25) is 15.9 Å². The third kappa shape index (κ3) is 5.68. The van der Waals surface area contributed by atoms with E-state index in [1.807, 2.05) is 0 Å². The Hall–Kier alpha value is -3.30. The van der Waals surface area contributed by atoms with E-state index in [9.17, 15) is 18.0 Å². The quantitative estimate of drug-likeness (QED) is 0.485. The van der Waals surface area contributed by atoms with Crippen molar-refractivity contribution < 1.29 is 13.2 Å². The van der Waals surface area contributed by atoms with Crippen molar-refractivity contribution in [2.45, 2.75) is 43.5 Å². The molecule has 1 aliphatic carbocycles. The molecule has 1 fully saturated rings. The molecule has 32 heavy (non-hydrogen) atoms. The van der Waals surface area contributed by atoms with Crippen LogP contribution in [0.4, 0.5) is 5.69 Å². The first-order valence-electron chi connectivity index (χ1n) is 10.4. The van der Waals surface area contributed by atoms with Crippen LogP contribution in [0.2, 0.25) is 0 Å². The Morgan fingerprint density at radius 3 is 2.56 bits per heavy atom. The number of rotatable bonds is 8. The van der Waals surface area contributed by atoms with Crippen LogP contribution in [0.5, 0.6) is 0 Å². The summed E-state index contributed by atoms with van der Waals surface area (Å²) >= 11 is 0. The Morgan fingerprint density at radius 1 is 1.12 bits per heavy atom. The summed E-state index contributed by atoms with van der Waals surface area (Å²) in [6.45, 7) is 1.75. The number of carbonyl (C=O) groups is 1. The molecule has 3 aromatic rings. The Balaban J connectivity index is 1.35. The van der Waals surface area contributed by atoms with Crippen LogP contribution in [0.15, 0.2) is 64.3 Å². The van der Waals surface area contributed by atoms with Crippen LogP contribution in [0.1, 0.15) is 30.5 Å². The van der Waals surface area contributed by atoms with E-state index in [2.05, 4.69) is 20.0 Å². The van der Waals surface area contributed by atoms with Gasteiger partial charge in [-0.3, -0.25) is 9.59 Å². The summed E-state index contributed by atoms with van der Waals surface area (Å²) in [5.74, 6) is 0.275. The lowest BCUT2D eigenvalue weighted by atomic mass is 10.1. The summed E-state index contributed by atoms with van der Waals surface area (Å²) in [5.41, 5.74) is 2.55. The van der Waals surface area contributed by atoms with E-state index in [-0.39, 0.29) is 28.8 Å². The average molecular weight is 453 g/mol. The fourth-order valence-electron chi connectivity index (χ4n) is 3.27. The van der Waals surface area contributed by atoms with E-state index in [1.54, 1.807) is 55.5 Å². The number of carbonyl (C=O) groups excluding carboxylic acids is 1. The van der Waals surface area contributed by atoms with Crippen molar-refractivity contribution in [2.24, 2.45) is 0 Å². The van der Waals surface area contributed by atoms with Crippen LogP contribution in [0.3, 0.4) is 0 Å². The number of nitrogens with zero attached hydrogens (tertiary/aromatic N) is 1. The first-order valence-corrected chi connectivity index (χ1v) is 11.9. The molecular formula is C23H24N4O4S. The van der Waals surface area contributed by atoms with Gasteiger partial charge in [-0.05, 0) is 56.0 Å². The largest absolute Gasteiger partial charge is 0.326 e. The normalized spacial score (nSPS) is 13.7.